The maximum Gasteiger partial charge on any atom is 0.107 e. The Kier molecular flexibility index (Phi) is 6.05. The molecule has 4 nitrogen and oxygen atoms in total. The van der Waals surface area contributed by atoms with Crippen LogP contribution in [0.4, 0.5) is 0 Å². The summed E-state index contributed by atoms with van der Waals surface area (Å²) >= 11 is 1.66. The highest BCUT2D eigenvalue weighted by Crippen LogP contribution is 2.10. The van der Waals surface area contributed by atoms with Gasteiger partial charge in [0.15, 0.2) is 0 Å². The minimum absolute atomic E-state index is 0.0933. The Morgan fingerprint density at radius 3 is 2.76 bits per heavy atom. The summed E-state index contributed by atoms with van der Waals surface area (Å²) in [5.74, 6) is 0. The highest BCUT2D eigenvalue weighted by molar-refractivity contribution is 7.09. The summed E-state index contributed by atoms with van der Waals surface area (Å²) in [5.41, 5.74) is 0.903. The van der Waals surface area contributed by atoms with Gasteiger partial charge in [0.05, 0.1) is 31.1 Å². The summed E-state index contributed by atoms with van der Waals surface area (Å²) in [6.45, 7) is 8.73. The molecule has 0 saturated heterocycles. The monoisotopic (exact) mass is 258 g/mol. The lowest BCUT2D eigenvalue weighted by atomic mass is 10.2. The Bertz CT molecular complexity index is 321. The number of thiazole rings is 1. The van der Waals surface area contributed by atoms with Crippen molar-refractivity contribution < 1.29 is 9.47 Å². The molecule has 0 unspecified atom stereocenters. The first-order valence-corrected chi connectivity index (χ1v) is 6.69. The van der Waals surface area contributed by atoms with E-state index in [0.717, 1.165) is 17.2 Å². The van der Waals surface area contributed by atoms with Crippen LogP contribution in [0.25, 0.3) is 0 Å². The van der Waals surface area contributed by atoms with Gasteiger partial charge in [0.1, 0.15) is 5.01 Å². The molecule has 0 aliphatic carbocycles. The Balaban J connectivity index is 2.13. The van der Waals surface area contributed by atoms with Crippen molar-refractivity contribution in [2.75, 3.05) is 20.3 Å². The van der Waals surface area contributed by atoms with Crippen molar-refractivity contribution in [1.82, 2.24) is 10.3 Å². The van der Waals surface area contributed by atoms with E-state index in [2.05, 4.69) is 10.3 Å². The molecule has 1 rings (SSSR count). The number of ether oxygens (including phenoxy) is 2. The van der Waals surface area contributed by atoms with Crippen molar-refractivity contribution in [2.24, 2.45) is 0 Å². The number of aromatic nitrogens is 1. The molecule has 0 fully saturated rings. The molecule has 0 aliphatic rings. The van der Waals surface area contributed by atoms with E-state index in [9.17, 15) is 0 Å². The third kappa shape index (κ3) is 6.73. The molecule has 0 aliphatic heterocycles. The topological polar surface area (TPSA) is 43.4 Å². The highest BCUT2D eigenvalue weighted by atomic mass is 32.1. The summed E-state index contributed by atoms with van der Waals surface area (Å²) in [7, 11) is 1.92. The fraction of sp³-hybridized carbons (Fsp3) is 0.750. The smallest absolute Gasteiger partial charge is 0.107 e. The number of nitrogens with zero attached hydrogens (tertiary/aromatic N) is 1. The zero-order valence-electron chi connectivity index (χ0n) is 11.1. The van der Waals surface area contributed by atoms with Gasteiger partial charge < -0.3 is 14.8 Å². The molecule has 0 amide bonds. The summed E-state index contributed by atoms with van der Waals surface area (Å²) in [6, 6.07) is 0. The Hall–Kier alpha value is -0.490. The predicted molar refractivity (Wildman–Crippen MR) is 70.2 cm³/mol. The fourth-order valence-corrected chi connectivity index (χ4v) is 2.02. The first kappa shape index (κ1) is 14.6. The second-order valence-corrected chi connectivity index (χ2v) is 5.72. The number of hydrogen-bond donors (Lipinski definition) is 1. The van der Waals surface area contributed by atoms with Crippen LogP contribution in [0.3, 0.4) is 0 Å². The molecule has 0 atom stereocenters. The van der Waals surface area contributed by atoms with Crippen LogP contribution in [-0.2, 0) is 22.6 Å². The molecule has 17 heavy (non-hydrogen) atoms. The van der Waals surface area contributed by atoms with Crippen LogP contribution in [0.15, 0.2) is 5.38 Å². The van der Waals surface area contributed by atoms with E-state index in [-0.39, 0.29) is 5.60 Å². The first-order valence-electron chi connectivity index (χ1n) is 5.81. The summed E-state index contributed by atoms with van der Waals surface area (Å²) in [5, 5.41) is 6.21. The quantitative estimate of drug-likeness (QED) is 0.761. The van der Waals surface area contributed by atoms with Crippen molar-refractivity contribution in [2.45, 2.75) is 39.5 Å². The van der Waals surface area contributed by atoms with Gasteiger partial charge in [0, 0.05) is 11.9 Å². The van der Waals surface area contributed by atoms with Gasteiger partial charge in [0.25, 0.3) is 0 Å². The second kappa shape index (κ2) is 7.06. The molecule has 0 radical (unpaired) electrons. The molecule has 0 bridgehead atoms. The maximum absolute atomic E-state index is 5.56. The molecule has 0 aromatic carbocycles. The van der Waals surface area contributed by atoms with Crippen LogP contribution < -0.4 is 5.32 Å². The van der Waals surface area contributed by atoms with E-state index in [1.807, 2.05) is 33.2 Å². The van der Waals surface area contributed by atoms with Crippen LogP contribution in [0.1, 0.15) is 31.5 Å². The lowest BCUT2D eigenvalue weighted by Gasteiger charge is -2.19. The normalized spacial score (nSPS) is 12.0. The molecule has 0 spiro atoms. The number of nitrogens with one attached hydrogen (secondary N) is 1. The van der Waals surface area contributed by atoms with Crippen LogP contribution in [0.5, 0.6) is 0 Å². The minimum Gasteiger partial charge on any atom is -0.373 e. The molecular weight excluding hydrogens is 236 g/mol. The zero-order chi connectivity index (χ0) is 12.7. The molecule has 1 heterocycles. The second-order valence-electron chi connectivity index (χ2n) is 4.78. The van der Waals surface area contributed by atoms with Gasteiger partial charge >= 0.3 is 0 Å². The lowest BCUT2D eigenvalue weighted by Crippen LogP contribution is -2.21. The Morgan fingerprint density at radius 1 is 1.35 bits per heavy atom. The predicted octanol–water partition coefficient (Wildman–Crippen LogP) is 2.19. The lowest BCUT2D eigenvalue weighted by molar-refractivity contribution is -0.0380. The summed E-state index contributed by atoms with van der Waals surface area (Å²) in [4.78, 5) is 4.44. The molecule has 98 valence electrons. The van der Waals surface area contributed by atoms with Crippen molar-refractivity contribution in [3.05, 3.63) is 16.1 Å². The van der Waals surface area contributed by atoms with E-state index in [1.165, 1.54) is 0 Å². The highest BCUT2D eigenvalue weighted by Gasteiger charge is 2.09. The number of hydrogen-bond acceptors (Lipinski definition) is 5. The van der Waals surface area contributed by atoms with Crippen LogP contribution in [0.2, 0.25) is 0 Å². The van der Waals surface area contributed by atoms with Gasteiger partial charge in [-0.1, -0.05) is 0 Å². The SMILES string of the molecule is CNCc1nc(COCCOC(C)(C)C)cs1. The van der Waals surface area contributed by atoms with Gasteiger partial charge in [0.2, 0.25) is 0 Å². The zero-order valence-corrected chi connectivity index (χ0v) is 11.9. The van der Waals surface area contributed by atoms with E-state index in [1.54, 1.807) is 11.3 Å². The third-order valence-corrected chi connectivity index (χ3v) is 2.84. The number of rotatable bonds is 7. The molecule has 1 aromatic heterocycles. The molecule has 1 N–H and O–H groups in total. The van der Waals surface area contributed by atoms with Crippen molar-refractivity contribution in [3.63, 3.8) is 0 Å². The fourth-order valence-electron chi connectivity index (χ4n) is 1.23. The first-order chi connectivity index (χ1) is 8.01. The van der Waals surface area contributed by atoms with Gasteiger partial charge in [-0.3, -0.25) is 0 Å². The third-order valence-electron chi connectivity index (χ3n) is 1.94. The van der Waals surface area contributed by atoms with Crippen LogP contribution in [-0.4, -0.2) is 30.8 Å². The van der Waals surface area contributed by atoms with Crippen molar-refractivity contribution in [3.8, 4) is 0 Å². The standard InChI is InChI=1S/C12H22N2O2S/c1-12(2,3)16-6-5-15-8-10-9-17-11(14-10)7-13-4/h9,13H,5-8H2,1-4H3. The van der Waals surface area contributed by atoms with E-state index in [0.29, 0.717) is 19.8 Å². The molecule has 5 heteroatoms. The Labute approximate surface area is 107 Å². The molecular formula is C12H22N2O2S. The summed E-state index contributed by atoms with van der Waals surface area (Å²) < 4.78 is 11.1. The summed E-state index contributed by atoms with van der Waals surface area (Å²) in [6.07, 6.45) is 0. The minimum atomic E-state index is -0.0933. The van der Waals surface area contributed by atoms with E-state index >= 15 is 0 Å². The van der Waals surface area contributed by atoms with Crippen molar-refractivity contribution >= 4 is 11.3 Å². The van der Waals surface area contributed by atoms with E-state index < -0.39 is 0 Å². The maximum atomic E-state index is 5.56. The van der Waals surface area contributed by atoms with Crippen molar-refractivity contribution in [1.29, 1.82) is 0 Å². The average molecular weight is 258 g/mol. The van der Waals surface area contributed by atoms with E-state index in [4.69, 9.17) is 9.47 Å². The van der Waals surface area contributed by atoms with Gasteiger partial charge in [-0.05, 0) is 27.8 Å². The van der Waals surface area contributed by atoms with Crippen LogP contribution in [0, 0.1) is 0 Å². The molecule has 0 saturated carbocycles. The average Bonchev–Trinajstić information content (AvgIpc) is 2.64. The van der Waals surface area contributed by atoms with Crippen LogP contribution >= 0.6 is 11.3 Å². The van der Waals surface area contributed by atoms with Gasteiger partial charge in [-0.15, -0.1) is 11.3 Å². The Morgan fingerprint density at radius 2 is 2.12 bits per heavy atom. The van der Waals surface area contributed by atoms with Gasteiger partial charge in [-0.25, -0.2) is 4.98 Å². The molecule has 1 aromatic rings. The largest absolute Gasteiger partial charge is 0.373 e. The van der Waals surface area contributed by atoms with Gasteiger partial charge in [-0.2, -0.15) is 0 Å².